The van der Waals surface area contributed by atoms with E-state index < -0.39 is 0 Å². The van der Waals surface area contributed by atoms with E-state index in [0.717, 1.165) is 11.4 Å². The van der Waals surface area contributed by atoms with E-state index in [9.17, 15) is 4.79 Å². The molecule has 0 unspecified atom stereocenters. The molecule has 0 aliphatic heterocycles. The second-order valence-corrected chi connectivity index (χ2v) is 5.38. The maximum atomic E-state index is 12.7. The zero-order chi connectivity index (χ0) is 15.5. The van der Waals surface area contributed by atoms with Gasteiger partial charge in [0.05, 0.1) is 17.8 Å². The first-order valence-corrected chi connectivity index (χ1v) is 7.34. The smallest absolute Gasteiger partial charge is 0.196 e. The fourth-order valence-corrected chi connectivity index (χ4v) is 2.67. The number of benzene rings is 2. The molecule has 110 valence electrons. The van der Waals surface area contributed by atoms with Crippen molar-refractivity contribution >= 4 is 5.78 Å². The van der Waals surface area contributed by atoms with Gasteiger partial charge in [-0.15, -0.1) is 0 Å². The van der Waals surface area contributed by atoms with Crippen LogP contribution in [-0.2, 0) is 6.54 Å². The average Bonchev–Trinajstić information content (AvgIpc) is 2.82. The molecule has 0 aliphatic rings. The molecule has 0 saturated heterocycles. The average molecular weight is 290 g/mol. The van der Waals surface area contributed by atoms with E-state index in [4.69, 9.17) is 0 Å². The van der Waals surface area contributed by atoms with Crippen molar-refractivity contribution in [1.82, 2.24) is 9.78 Å². The topological polar surface area (TPSA) is 34.9 Å². The molecule has 0 amide bonds. The van der Waals surface area contributed by atoms with E-state index >= 15 is 0 Å². The summed E-state index contributed by atoms with van der Waals surface area (Å²) in [5.74, 6) is 0.0370. The third-order valence-electron chi connectivity index (χ3n) is 3.82. The normalized spacial score (nSPS) is 10.6. The quantitative estimate of drug-likeness (QED) is 0.685. The second-order valence-electron chi connectivity index (χ2n) is 5.38. The summed E-state index contributed by atoms with van der Waals surface area (Å²) in [5, 5.41) is 4.55. The van der Waals surface area contributed by atoms with Gasteiger partial charge in [0.1, 0.15) is 0 Å². The van der Waals surface area contributed by atoms with Crippen LogP contribution in [0.25, 0.3) is 0 Å². The summed E-state index contributed by atoms with van der Waals surface area (Å²) in [6.07, 6.45) is 0. The van der Waals surface area contributed by atoms with Crippen molar-refractivity contribution in [2.24, 2.45) is 0 Å². The van der Waals surface area contributed by atoms with Crippen LogP contribution < -0.4 is 0 Å². The summed E-state index contributed by atoms with van der Waals surface area (Å²) >= 11 is 0. The van der Waals surface area contributed by atoms with Crippen molar-refractivity contribution in [2.45, 2.75) is 20.4 Å². The molecule has 2 aromatic carbocycles. The van der Waals surface area contributed by atoms with Gasteiger partial charge in [0.2, 0.25) is 0 Å². The van der Waals surface area contributed by atoms with Crippen molar-refractivity contribution in [3.63, 3.8) is 0 Å². The van der Waals surface area contributed by atoms with E-state index in [1.807, 2.05) is 67.1 Å². The number of hydrogen-bond acceptors (Lipinski definition) is 2. The summed E-state index contributed by atoms with van der Waals surface area (Å²) in [6, 6.07) is 19.5. The van der Waals surface area contributed by atoms with Gasteiger partial charge in [0.15, 0.2) is 5.78 Å². The van der Waals surface area contributed by atoms with Crippen LogP contribution in [0.1, 0.15) is 32.9 Å². The molecule has 3 aromatic rings. The predicted octanol–water partition coefficient (Wildman–Crippen LogP) is 3.78. The Morgan fingerprint density at radius 3 is 2.18 bits per heavy atom. The fraction of sp³-hybridized carbons (Fsp3) is 0.158. The maximum absolute atomic E-state index is 12.7. The van der Waals surface area contributed by atoms with E-state index in [1.165, 1.54) is 5.56 Å². The highest BCUT2D eigenvalue weighted by Crippen LogP contribution is 2.19. The largest absolute Gasteiger partial charge is 0.288 e. The summed E-state index contributed by atoms with van der Waals surface area (Å²) < 4.78 is 1.90. The van der Waals surface area contributed by atoms with Crippen LogP contribution in [-0.4, -0.2) is 15.6 Å². The lowest BCUT2D eigenvalue weighted by molar-refractivity contribution is 0.103. The zero-order valence-corrected chi connectivity index (χ0v) is 12.8. The summed E-state index contributed by atoms with van der Waals surface area (Å²) in [6.45, 7) is 4.53. The van der Waals surface area contributed by atoms with Crippen LogP contribution in [0.5, 0.6) is 0 Å². The highest BCUT2D eigenvalue weighted by molar-refractivity contribution is 6.10. The van der Waals surface area contributed by atoms with Crippen LogP contribution >= 0.6 is 0 Å². The fourth-order valence-electron chi connectivity index (χ4n) is 2.67. The van der Waals surface area contributed by atoms with Crippen molar-refractivity contribution in [3.8, 4) is 0 Å². The Kier molecular flexibility index (Phi) is 3.88. The second kappa shape index (κ2) is 5.98. The zero-order valence-electron chi connectivity index (χ0n) is 12.8. The Morgan fingerprint density at radius 1 is 0.955 bits per heavy atom. The number of hydrogen-bond donors (Lipinski definition) is 0. The van der Waals surface area contributed by atoms with Crippen LogP contribution in [0.3, 0.4) is 0 Å². The standard InChI is InChI=1S/C19H18N2O/c1-14-18(19(22)17-11-7-4-8-12-17)15(2)21(20-14)13-16-9-5-3-6-10-16/h3-12H,13H2,1-2H3. The Balaban J connectivity index is 1.95. The van der Waals surface area contributed by atoms with Gasteiger partial charge in [0, 0.05) is 11.3 Å². The van der Waals surface area contributed by atoms with Gasteiger partial charge in [0.25, 0.3) is 0 Å². The van der Waals surface area contributed by atoms with Crippen molar-refractivity contribution in [2.75, 3.05) is 0 Å². The molecule has 0 aliphatic carbocycles. The molecular formula is C19H18N2O. The highest BCUT2D eigenvalue weighted by atomic mass is 16.1. The number of aryl methyl sites for hydroxylation is 1. The van der Waals surface area contributed by atoms with Gasteiger partial charge in [-0.2, -0.15) is 5.10 Å². The number of carbonyl (C=O) groups excluding carboxylic acids is 1. The van der Waals surface area contributed by atoms with Gasteiger partial charge in [-0.3, -0.25) is 9.48 Å². The molecule has 22 heavy (non-hydrogen) atoms. The molecular weight excluding hydrogens is 272 g/mol. The molecule has 0 fully saturated rings. The predicted molar refractivity (Wildman–Crippen MR) is 87.1 cm³/mol. The number of rotatable bonds is 4. The molecule has 0 radical (unpaired) electrons. The minimum Gasteiger partial charge on any atom is -0.288 e. The number of nitrogens with zero attached hydrogens (tertiary/aromatic N) is 2. The molecule has 0 atom stereocenters. The van der Waals surface area contributed by atoms with E-state index in [-0.39, 0.29) is 5.78 Å². The Morgan fingerprint density at radius 2 is 1.55 bits per heavy atom. The van der Waals surface area contributed by atoms with Gasteiger partial charge >= 0.3 is 0 Å². The molecule has 0 saturated carbocycles. The third kappa shape index (κ3) is 2.70. The minimum absolute atomic E-state index is 0.0370. The maximum Gasteiger partial charge on any atom is 0.196 e. The molecule has 3 heteroatoms. The SMILES string of the molecule is Cc1nn(Cc2ccccc2)c(C)c1C(=O)c1ccccc1. The van der Waals surface area contributed by atoms with Gasteiger partial charge in [-0.25, -0.2) is 0 Å². The van der Waals surface area contributed by atoms with Crippen molar-refractivity contribution in [3.05, 3.63) is 88.7 Å². The molecule has 0 N–H and O–H groups in total. The van der Waals surface area contributed by atoms with Crippen LogP contribution in [0.15, 0.2) is 60.7 Å². The lowest BCUT2D eigenvalue weighted by atomic mass is 10.0. The van der Waals surface area contributed by atoms with Crippen molar-refractivity contribution in [1.29, 1.82) is 0 Å². The van der Waals surface area contributed by atoms with Crippen LogP contribution in [0.4, 0.5) is 0 Å². The summed E-state index contributed by atoms with van der Waals surface area (Å²) in [4.78, 5) is 12.7. The van der Waals surface area contributed by atoms with Gasteiger partial charge in [-0.1, -0.05) is 60.7 Å². The Bertz CT molecular complexity index is 789. The molecule has 1 heterocycles. The number of carbonyl (C=O) groups is 1. The first-order chi connectivity index (χ1) is 10.7. The van der Waals surface area contributed by atoms with Crippen LogP contribution in [0.2, 0.25) is 0 Å². The summed E-state index contributed by atoms with van der Waals surface area (Å²) in [7, 11) is 0. The summed E-state index contributed by atoms with van der Waals surface area (Å²) in [5.41, 5.74) is 4.28. The Hall–Kier alpha value is -2.68. The van der Waals surface area contributed by atoms with Crippen LogP contribution in [0, 0.1) is 13.8 Å². The number of ketones is 1. The first kappa shape index (κ1) is 14.3. The minimum atomic E-state index is 0.0370. The lowest BCUT2D eigenvalue weighted by Gasteiger charge is -2.05. The molecule has 0 bridgehead atoms. The Labute approximate surface area is 130 Å². The first-order valence-electron chi connectivity index (χ1n) is 7.34. The van der Waals surface area contributed by atoms with Crippen molar-refractivity contribution < 1.29 is 4.79 Å². The van der Waals surface area contributed by atoms with Gasteiger partial charge < -0.3 is 0 Å². The van der Waals surface area contributed by atoms with E-state index in [1.54, 1.807) is 0 Å². The van der Waals surface area contributed by atoms with Gasteiger partial charge in [-0.05, 0) is 19.4 Å². The van der Waals surface area contributed by atoms with E-state index in [2.05, 4.69) is 17.2 Å². The molecule has 0 spiro atoms. The third-order valence-corrected chi connectivity index (χ3v) is 3.82. The molecule has 1 aromatic heterocycles. The lowest BCUT2D eigenvalue weighted by Crippen LogP contribution is -2.07. The molecule has 3 nitrogen and oxygen atoms in total. The highest BCUT2D eigenvalue weighted by Gasteiger charge is 2.19. The van der Waals surface area contributed by atoms with E-state index in [0.29, 0.717) is 17.7 Å². The molecule has 3 rings (SSSR count). The monoisotopic (exact) mass is 290 g/mol. The number of aromatic nitrogens is 2.